The molecule has 1 amide bonds. The number of thiazole rings is 1. The summed E-state index contributed by atoms with van der Waals surface area (Å²) in [7, 11) is 1.63. The number of aryl methyl sites for hydroxylation is 1. The maximum atomic E-state index is 13.3. The van der Waals surface area contributed by atoms with Gasteiger partial charge in [-0.3, -0.25) is 19.3 Å². The number of hydrogen-bond donors (Lipinski definition) is 2. The molecule has 0 aliphatic heterocycles. The van der Waals surface area contributed by atoms with E-state index in [0.29, 0.717) is 17.2 Å². The Hall–Kier alpha value is -4.04. The van der Waals surface area contributed by atoms with Crippen LogP contribution in [0.5, 0.6) is 0 Å². The predicted octanol–water partition coefficient (Wildman–Crippen LogP) is 4.77. The van der Waals surface area contributed by atoms with E-state index in [-0.39, 0.29) is 17.9 Å². The van der Waals surface area contributed by atoms with Crippen molar-refractivity contribution in [1.82, 2.24) is 9.97 Å². The molecule has 35 heavy (non-hydrogen) atoms. The van der Waals surface area contributed by atoms with E-state index in [9.17, 15) is 19.5 Å². The van der Waals surface area contributed by atoms with Gasteiger partial charge in [-0.15, -0.1) is 11.3 Å². The number of carbonyl (C=O) groups is 2. The molecule has 4 rings (SSSR count). The van der Waals surface area contributed by atoms with E-state index in [1.165, 1.54) is 22.3 Å². The molecular weight excluding hydrogens is 462 g/mol. The van der Waals surface area contributed by atoms with Crippen LogP contribution in [0.25, 0.3) is 22.4 Å². The van der Waals surface area contributed by atoms with Crippen molar-refractivity contribution in [2.75, 3.05) is 11.9 Å². The second-order valence-electron chi connectivity index (χ2n) is 8.30. The quantitative estimate of drug-likeness (QED) is 0.373. The Morgan fingerprint density at radius 2 is 1.69 bits per heavy atom. The third-order valence-electron chi connectivity index (χ3n) is 5.81. The monoisotopic (exact) mass is 487 g/mol. The number of pyridine rings is 1. The first kappa shape index (κ1) is 24.1. The number of H-pyrrole nitrogens is 1. The van der Waals surface area contributed by atoms with Gasteiger partial charge in [0, 0.05) is 35.3 Å². The highest BCUT2D eigenvalue weighted by molar-refractivity contribution is 7.14. The molecule has 2 heterocycles. The highest BCUT2D eigenvalue weighted by atomic mass is 32.1. The lowest BCUT2D eigenvalue weighted by molar-refractivity contribution is -0.140. The lowest BCUT2D eigenvalue weighted by Crippen LogP contribution is -2.35. The van der Waals surface area contributed by atoms with Crippen molar-refractivity contribution in [2.45, 2.75) is 19.8 Å². The Bertz CT molecular complexity index is 1410. The molecule has 2 aromatic carbocycles. The molecule has 178 valence electrons. The van der Waals surface area contributed by atoms with E-state index in [1.807, 2.05) is 66.9 Å². The Balaban J connectivity index is 1.62. The van der Waals surface area contributed by atoms with Gasteiger partial charge < -0.3 is 10.1 Å². The normalized spacial score (nSPS) is 11.7. The third-order valence-corrected chi connectivity index (χ3v) is 6.73. The van der Waals surface area contributed by atoms with Crippen LogP contribution in [0.15, 0.2) is 76.9 Å². The number of aromatic nitrogens is 2. The van der Waals surface area contributed by atoms with Crippen molar-refractivity contribution in [3.8, 4) is 22.4 Å². The molecular formula is C27H25N3O4S. The van der Waals surface area contributed by atoms with Crippen LogP contribution in [0.4, 0.5) is 5.13 Å². The van der Waals surface area contributed by atoms with Crippen LogP contribution < -0.4 is 10.5 Å². The summed E-state index contributed by atoms with van der Waals surface area (Å²) in [6.45, 7) is 1.85. The zero-order valence-corrected chi connectivity index (χ0v) is 20.2. The molecule has 0 fully saturated rings. The minimum atomic E-state index is -1.02. The van der Waals surface area contributed by atoms with Crippen molar-refractivity contribution in [3.05, 3.63) is 93.7 Å². The maximum Gasteiger partial charge on any atom is 0.304 e. The molecule has 4 aromatic rings. The lowest BCUT2D eigenvalue weighted by Gasteiger charge is -2.21. The van der Waals surface area contributed by atoms with Gasteiger partial charge in [-0.2, -0.15) is 0 Å². The summed E-state index contributed by atoms with van der Waals surface area (Å²) in [6.07, 6.45) is 0.0769. The number of hydrogen-bond acceptors (Lipinski definition) is 5. The number of nitrogens with one attached hydrogen (secondary N) is 1. The third kappa shape index (κ3) is 5.55. The molecule has 0 radical (unpaired) electrons. The van der Waals surface area contributed by atoms with Gasteiger partial charge >= 0.3 is 5.97 Å². The Kier molecular flexibility index (Phi) is 7.22. The van der Waals surface area contributed by atoms with Crippen LogP contribution in [-0.4, -0.2) is 34.0 Å². The minimum absolute atomic E-state index is 0.161. The fourth-order valence-corrected chi connectivity index (χ4v) is 4.87. The molecule has 1 atom stereocenters. The predicted molar refractivity (Wildman–Crippen MR) is 138 cm³/mol. The molecule has 7 nitrogen and oxygen atoms in total. The highest BCUT2D eigenvalue weighted by Crippen LogP contribution is 2.35. The van der Waals surface area contributed by atoms with Crippen LogP contribution in [0.1, 0.15) is 17.7 Å². The smallest absolute Gasteiger partial charge is 0.304 e. The van der Waals surface area contributed by atoms with E-state index >= 15 is 0 Å². The number of anilines is 1. The topological polar surface area (TPSA) is 103 Å². The van der Waals surface area contributed by atoms with E-state index in [4.69, 9.17) is 4.98 Å². The molecule has 8 heteroatoms. The number of nitrogens with zero attached hydrogens (tertiary/aromatic N) is 2. The van der Waals surface area contributed by atoms with Gasteiger partial charge in [-0.1, -0.05) is 54.6 Å². The number of carboxylic acid groups (broad SMARTS) is 1. The van der Waals surface area contributed by atoms with Gasteiger partial charge in [-0.25, -0.2) is 4.98 Å². The van der Waals surface area contributed by atoms with Crippen molar-refractivity contribution in [1.29, 1.82) is 0 Å². The highest BCUT2D eigenvalue weighted by Gasteiger charge is 2.27. The number of amides is 1. The van der Waals surface area contributed by atoms with E-state index in [1.54, 1.807) is 13.1 Å². The summed E-state index contributed by atoms with van der Waals surface area (Å²) in [5.41, 5.74) is 4.88. The Labute approximate surface area is 206 Å². The fraction of sp³-hybridized carbons (Fsp3) is 0.185. The van der Waals surface area contributed by atoms with Crippen LogP contribution in [-0.2, 0) is 16.0 Å². The molecule has 0 saturated heterocycles. The number of benzene rings is 2. The SMILES string of the molecule is Cc1[nH]c(=O)ccc1-c1ccccc1-c1csc(N(C)C(=O)C(CC(=O)O)Cc2ccccc2)n1. The van der Waals surface area contributed by atoms with Gasteiger partial charge in [-0.05, 0) is 30.5 Å². The van der Waals surface area contributed by atoms with E-state index < -0.39 is 11.9 Å². The van der Waals surface area contributed by atoms with Crippen LogP contribution >= 0.6 is 11.3 Å². The summed E-state index contributed by atoms with van der Waals surface area (Å²) >= 11 is 1.32. The first-order valence-corrected chi connectivity index (χ1v) is 12.0. The first-order valence-electron chi connectivity index (χ1n) is 11.1. The van der Waals surface area contributed by atoms with Gasteiger partial charge in [0.05, 0.1) is 18.0 Å². The standard InChI is InChI=1S/C27H25N3O4S/c1-17-20(12-13-24(31)28-17)21-10-6-7-11-22(21)23-16-35-27(29-23)30(2)26(34)19(15-25(32)33)14-18-8-4-3-5-9-18/h3-13,16,19H,14-15H2,1-2H3,(H,28,31)(H,32,33). The van der Waals surface area contributed by atoms with Gasteiger partial charge in [0.25, 0.3) is 0 Å². The van der Waals surface area contributed by atoms with Crippen LogP contribution in [0, 0.1) is 12.8 Å². The Morgan fingerprint density at radius 1 is 1.00 bits per heavy atom. The molecule has 1 unspecified atom stereocenters. The van der Waals surface area contributed by atoms with Crippen LogP contribution in [0.2, 0.25) is 0 Å². The molecule has 2 aromatic heterocycles. The summed E-state index contributed by atoms with van der Waals surface area (Å²) < 4.78 is 0. The summed E-state index contributed by atoms with van der Waals surface area (Å²) in [5, 5.41) is 11.8. The average molecular weight is 488 g/mol. The number of aliphatic carboxylic acids is 1. The summed E-state index contributed by atoms with van der Waals surface area (Å²) in [6, 6.07) is 20.4. The molecule has 0 spiro atoms. The summed E-state index contributed by atoms with van der Waals surface area (Å²) in [5.74, 6) is -2.01. The number of aromatic amines is 1. The molecule has 0 saturated carbocycles. The van der Waals surface area contributed by atoms with Crippen molar-refractivity contribution < 1.29 is 14.7 Å². The maximum absolute atomic E-state index is 13.3. The Morgan fingerprint density at radius 3 is 2.37 bits per heavy atom. The zero-order valence-electron chi connectivity index (χ0n) is 19.4. The van der Waals surface area contributed by atoms with E-state index in [2.05, 4.69) is 4.98 Å². The molecule has 0 aliphatic rings. The second-order valence-corrected chi connectivity index (χ2v) is 9.14. The average Bonchev–Trinajstić information content (AvgIpc) is 3.33. The van der Waals surface area contributed by atoms with E-state index in [0.717, 1.165) is 27.9 Å². The number of carboxylic acids is 1. The zero-order chi connectivity index (χ0) is 24.9. The van der Waals surface area contributed by atoms with Gasteiger partial charge in [0.15, 0.2) is 5.13 Å². The molecule has 0 bridgehead atoms. The fourth-order valence-electron chi connectivity index (χ4n) is 4.08. The van der Waals surface area contributed by atoms with Crippen molar-refractivity contribution in [3.63, 3.8) is 0 Å². The number of carbonyl (C=O) groups excluding carboxylic acids is 1. The molecule has 2 N–H and O–H groups in total. The van der Waals surface area contributed by atoms with Crippen molar-refractivity contribution >= 4 is 28.3 Å². The van der Waals surface area contributed by atoms with Gasteiger partial charge in [0.2, 0.25) is 11.5 Å². The second kappa shape index (κ2) is 10.5. The number of rotatable bonds is 8. The first-order chi connectivity index (χ1) is 16.8. The minimum Gasteiger partial charge on any atom is -0.481 e. The summed E-state index contributed by atoms with van der Waals surface area (Å²) in [4.78, 5) is 45.4. The van der Waals surface area contributed by atoms with Gasteiger partial charge in [0.1, 0.15) is 0 Å². The molecule has 0 aliphatic carbocycles. The van der Waals surface area contributed by atoms with Crippen LogP contribution in [0.3, 0.4) is 0 Å². The largest absolute Gasteiger partial charge is 0.481 e. The lowest BCUT2D eigenvalue weighted by atomic mass is 9.95. The van der Waals surface area contributed by atoms with Crippen molar-refractivity contribution in [2.24, 2.45) is 5.92 Å².